The summed E-state index contributed by atoms with van der Waals surface area (Å²) in [4.78, 5) is 8.25. The SMILES string of the molecule is CCCCCc1ccc2[nH]c(CCCCC)cc2n1. The lowest BCUT2D eigenvalue weighted by Gasteiger charge is -1.99. The molecule has 2 heteroatoms. The van der Waals surface area contributed by atoms with E-state index in [-0.39, 0.29) is 0 Å². The Bertz CT molecular complexity index is 491. The highest BCUT2D eigenvalue weighted by molar-refractivity contribution is 5.76. The maximum atomic E-state index is 4.76. The summed E-state index contributed by atoms with van der Waals surface area (Å²) in [5.74, 6) is 0. The first-order valence-corrected chi connectivity index (χ1v) is 7.81. The van der Waals surface area contributed by atoms with Gasteiger partial charge in [0.2, 0.25) is 0 Å². The Labute approximate surface area is 116 Å². The second kappa shape index (κ2) is 7.32. The molecule has 0 aliphatic rings. The molecule has 0 fully saturated rings. The van der Waals surface area contributed by atoms with Gasteiger partial charge in [0.25, 0.3) is 0 Å². The number of hydrogen-bond donors (Lipinski definition) is 1. The molecular weight excluding hydrogens is 232 g/mol. The second-order valence-corrected chi connectivity index (χ2v) is 5.44. The summed E-state index contributed by atoms with van der Waals surface area (Å²) in [6.45, 7) is 4.49. The van der Waals surface area contributed by atoms with Crippen molar-refractivity contribution < 1.29 is 0 Å². The van der Waals surface area contributed by atoms with Crippen LogP contribution >= 0.6 is 0 Å². The monoisotopic (exact) mass is 258 g/mol. The zero-order valence-corrected chi connectivity index (χ0v) is 12.3. The molecule has 2 rings (SSSR count). The number of pyridine rings is 1. The first kappa shape index (κ1) is 14.1. The smallest absolute Gasteiger partial charge is 0.0884 e. The number of aromatic nitrogens is 2. The lowest BCUT2D eigenvalue weighted by atomic mass is 10.1. The van der Waals surface area contributed by atoms with Crippen LogP contribution in [0.3, 0.4) is 0 Å². The van der Waals surface area contributed by atoms with Gasteiger partial charge in [0.15, 0.2) is 0 Å². The van der Waals surface area contributed by atoms with Crippen LogP contribution in [-0.4, -0.2) is 9.97 Å². The Balaban J connectivity index is 2.01. The van der Waals surface area contributed by atoms with E-state index in [1.54, 1.807) is 0 Å². The molecule has 2 nitrogen and oxygen atoms in total. The number of unbranched alkanes of at least 4 members (excludes halogenated alkanes) is 4. The van der Waals surface area contributed by atoms with E-state index in [4.69, 9.17) is 4.98 Å². The summed E-state index contributed by atoms with van der Waals surface area (Å²) >= 11 is 0. The summed E-state index contributed by atoms with van der Waals surface area (Å²) < 4.78 is 0. The van der Waals surface area contributed by atoms with Crippen molar-refractivity contribution in [2.24, 2.45) is 0 Å². The number of hydrogen-bond acceptors (Lipinski definition) is 1. The van der Waals surface area contributed by atoms with Gasteiger partial charge in [0.05, 0.1) is 11.0 Å². The Morgan fingerprint density at radius 1 is 0.947 bits per heavy atom. The zero-order valence-electron chi connectivity index (χ0n) is 12.3. The first-order chi connectivity index (χ1) is 9.33. The van der Waals surface area contributed by atoms with Crippen LogP contribution in [0.15, 0.2) is 18.2 Å². The Kier molecular flexibility index (Phi) is 5.44. The molecule has 0 radical (unpaired) electrons. The van der Waals surface area contributed by atoms with Crippen molar-refractivity contribution in [3.63, 3.8) is 0 Å². The molecular formula is C17H26N2. The lowest BCUT2D eigenvalue weighted by Crippen LogP contribution is -1.89. The quantitative estimate of drug-likeness (QED) is 0.661. The van der Waals surface area contributed by atoms with Gasteiger partial charge >= 0.3 is 0 Å². The molecule has 104 valence electrons. The van der Waals surface area contributed by atoms with Crippen LogP contribution in [0, 0.1) is 0 Å². The molecule has 0 atom stereocenters. The number of rotatable bonds is 8. The number of H-pyrrole nitrogens is 1. The van der Waals surface area contributed by atoms with Crippen LogP contribution in [0.2, 0.25) is 0 Å². The van der Waals surface area contributed by atoms with Crippen LogP contribution in [0.25, 0.3) is 11.0 Å². The molecule has 2 heterocycles. The van der Waals surface area contributed by atoms with Gasteiger partial charge < -0.3 is 4.98 Å². The van der Waals surface area contributed by atoms with Gasteiger partial charge in [-0.3, -0.25) is 4.98 Å². The standard InChI is InChI=1S/C17H26N2/c1-3-5-7-9-14-11-12-16-17(18-14)13-15(19-16)10-8-6-4-2/h11-13,19H,3-10H2,1-2H3. The summed E-state index contributed by atoms with van der Waals surface area (Å²) in [7, 11) is 0. The minimum absolute atomic E-state index is 1.11. The van der Waals surface area contributed by atoms with Crippen molar-refractivity contribution in [2.45, 2.75) is 65.2 Å². The van der Waals surface area contributed by atoms with E-state index >= 15 is 0 Å². The molecule has 2 aromatic heterocycles. The van der Waals surface area contributed by atoms with Gasteiger partial charge in [0.1, 0.15) is 0 Å². The van der Waals surface area contributed by atoms with Crippen molar-refractivity contribution in [1.82, 2.24) is 9.97 Å². The maximum Gasteiger partial charge on any atom is 0.0884 e. The number of nitrogens with zero attached hydrogens (tertiary/aromatic N) is 1. The molecule has 0 unspecified atom stereocenters. The van der Waals surface area contributed by atoms with E-state index in [1.165, 1.54) is 55.4 Å². The van der Waals surface area contributed by atoms with Crippen molar-refractivity contribution in [2.75, 3.05) is 0 Å². The number of fused-ring (bicyclic) bond motifs is 1. The van der Waals surface area contributed by atoms with E-state index in [1.807, 2.05) is 0 Å². The van der Waals surface area contributed by atoms with Gasteiger partial charge in [-0.1, -0.05) is 39.5 Å². The summed E-state index contributed by atoms with van der Waals surface area (Å²) in [5, 5.41) is 0. The van der Waals surface area contributed by atoms with Crippen LogP contribution in [0.4, 0.5) is 0 Å². The fraction of sp³-hybridized carbons (Fsp3) is 0.588. The summed E-state index contributed by atoms with van der Waals surface area (Å²) in [5.41, 5.74) is 4.90. The third-order valence-electron chi connectivity index (χ3n) is 3.67. The highest BCUT2D eigenvalue weighted by atomic mass is 14.8. The fourth-order valence-electron chi connectivity index (χ4n) is 2.50. The zero-order chi connectivity index (χ0) is 13.5. The van der Waals surface area contributed by atoms with Crippen LogP contribution in [0.1, 0.15) is 63.8 Å². The highest BCUT2D eigenvalue weighted by Gasteiger charge is 2.03. The first-order valence-electron chi connectivity index (χ1n) is 7.81. The van der Waals surface area contributed by atoms with Gasteiger partial charge in [-0.15, -0.1) is 0 Å². The van der Waals surface area contributed by atoms with E-state index in [0.717, 1.165) is 18.4 Å². The highest BCUT2D eigenvalue weighted by Crippen LogP contribution is 2.17. The van der Waals surface area contributed by atoms with E-state index < -0.39 is 0 Å². The van der Waals surface area contributed by atoms with Crippen LogP contribution in [-0.2, 0) is 12.8 Å². The van der Waals surface area contributed by atoms with Crippen LogP contribution < -0.4 is 0 Å². The molecule has 0 spiro atoms. The third kappa shape index (κ3) is 4.09. The topological polar surface area (TPSA) is 28.7 Å². The average molecular weight is 258 g/mol. The van der Waals surface area contributed by atoms with Gasteiger partial charge in [-0.25, -0.2) is 0 Å². The lowest BCUT2D eigenvalue weighted by molar-refractivity contribution is 0.709. The minimum atomic E-state index is 1.11. The molecule has 19 heavy (non-hydrogen) atoms. The van der Waals surface area contributed by atoms with Gasteiger partial charge in [-0.2, -0.15) is 0 Å². The second-order valence-electron chi connectivity index (χ2n) is 5.44. The summed E-state index contributed by atoms with van der Waals surface area (Å²) in [6.07, 6.45) is 9.94. The average Bonchev–Trinajstić information content (AvgIpc) is 2.81. The molecule has 0 saturated heterocycles. The fourth-order valence-corrected chi connectivity index (χ4v) is 2.50. The summed E-state index contributed by atoms with van der Waals surface area (Å²) in [6, 6.07) is 6.59. The van der Waals surface area contributed by atoms with E-state index in [0.29, 0.717) is 0 Å². The molecule has 0 saturated carbocycles. The van der Waals surface area contributed by atoms with Gasteiger partial charge in [0, 0.05) is 11.4 Å². The predicted octanol–water partition coefficient (Wildman–Crippen LogP) is 5.03. The van der Waals surface area contributed by atoms with Gasteiger partial charge in [-0.05, 0) is 43.9 Å². The minimum Gasteiger partial charge on any atom is -0.357 e. The van der Waals surface area contributed by atoms with E-state index in [2.05, 4.69) is 37.0 Å². The Hall–Kier alpha value is -1.31. The molecule has 0 amide bonds. The predicted molar refractivity (Wildman–Crippen MR) is 82.6 cm³/mol. The molecule has 0 aliphatic carbocycles. The van der Waals surface area contributed by atoms with Crippen molar-refractivity contribution in [1.29, 1.82) is 0 Å². The molecule has 0 bridgehead atoms. The number of nitrogens with one attached hydrogen (secondary N) is 1. The Morgan fingerprint density at radius 2 is 1.68 bits per heavy atom. The maximum absolute atomic E-state index is 4.76. The molecule has 1 N–H and O–H groups in total. The molecule has 2 aromatic rings. The third-order valence-corrected chi connectivity index (χ3v) is 3.67. The van der Waals surface area contributed by atoms with E-state index in [9.17, 15) is 0 Å². The molecule has 0 aliphatic heterocycles. The van der Waals surface area contributed by atoms with Crippen molar-refractivity contribution >= 4 is 11.0 Å². The number of aromatic amines is 1. The van der Waals surface area contributed by atoms with Crippen LogP contribution in [0.5, 0.6) is 0 Å². The molecule has 0 aromatic carbocycles. The van der Waals surface area contributed by atoms with Crippen molar-refractivity contribution in [3.8, 4) is 0 Å². The van der Waals surface area contributed by atoms with Crippen molar-refractivity contribution in [3.05, 3.63) is 29.6 Å². The largest absolute Gasteiger partial charge is 0.357 e. The number of aryl methyl sites for hydroxylation is 2. The normalized spacial score (nSPS) is 11.3. The Morgan fingerprint density at radius 3 is 2.42 bits per heavy atom.